The van der Waals surface area contributed by atoms with Gasteiger partial charge in [0.15, 0.2) is 0 Å². The number of hydrogen-bond donors (Lipinski definition) is 2. The molecule has 3 atom stereocenters. The lowest BCUT2D eigenvalue weighted by Crippen LogP contribution is -2.51. The quantitative estimate of drug-likeness (QED) is 0.746. The van der Waals surface area contributed by atoms with Crippen LogP contribution in [-0.4, -0.2) is 41.1 Å². The molecular weight excluding hydrogens is 216 g/mol. The molecule has 0 radical (unpaired) electrons. The summed E-state index contributed by atoms with van der Waals surface area (Å²) in [7, 11) is 0. The first kappa shape index (κ1) is 12.3. The van der Waals surface area contributed by atoms with Gasteiger partial charge in [-0.3, -0.25) is 4.79 Å². The summed E-state index contributed by atoms with van der Waals surface area (Å²) in [5, 5.41) is 10.1. The van der Waals surface area contributed by atoms with E-state index in [1.165, 1.54) is 0 Å². The van der Waals surface area contributed by atoms with E-state index in [4.69, 9.17) is 5.73 Å². The number of hydrogen-bond acceptors (Lipinski definition) is 3. The van der Waals surface area contributed by atoms with Crippen molar-refractivity contribution in [3.63, 3.8) is 0 Å². The molecule has 0 bridgehead atoms. The van der Waals surface area contributed by atoms with Gasteiger partial charge in [-0.25, -0.2) is 0 Å². The Morgan fingerprint density at radius 1 is 1.35 bits per heavy atom. The first-order valence-corrected chi connectivity index (χ1v) is 6.26. The largest absolute Gasteiger partial charge is 0.390 e. The van der Waals surface area contributed by atoms with Crippen LogP contribution >= 0.6 is 0 Å². The summed E-state index contributed by atoms with van der Waals surface area (Å²) in [6, 6.07) is -0.797. The molecule has 2 aliphatic rings. The molecule has 1 fully saturated rings. The van der Waals surface area contributed by atoms with Crippen LogP contribution in [0.5, 0.6) is 0 Å². The smallest absolute Gasteiger partial charge is 0.242 e. The fraction of sp³-hybridized carbons (Fsp3) is 0.615. The van der Waals surface area contributed by atoms with Crippen molar-refractivity contribution in [1.82, 2.24) is 4.90 Å². The molecule has 4 heteroatoms. The van der Waals surface area contributed by atoms with Crippen molar-refractivity contribution >= 4 is 5.91 Å². The van der Waals surface area contributed by atoms with Gasteiger partial charge in [-0.2, -0.15) is 0 Å². The van der Waals surface area contributed by atoms with E-state index in [-0.39, 0.29) is 11.8 Å². The molecular formula is C13H20N2O2. The highest BCUT2D eigenvalue weighted by molar-refractivity contribution is 5.82. The van der Waals surface area contributed by atoms with Crippen molar-refractivity contribution < 1.29 is 9.90 Å². The summed E-state index contributed by atoms with van der Waals surface area (Å²) < 4.78 is 0. The SMILES string of the molecule is N[C@@H](C(=O)N1CCCC1)[C@@H](O)C1C=CC=CC1. The fourth-order valence-corrected chi connectivity index (χ4v) is 2.41. The zero-order valence-electron chi connectivity index (χ0n) is 9.96. The lowest BCUT2D eigenvalue weighted by atomic mass is 9.90. The van der Waals surface area contributed by atoms with Crippen molar-refractivity contribution in [3.8, 4) is 0 Å². The van der Waals surface area contributed by atoms with Gasteiger partial charge in [0.2, 0.25) is 5.91 Å². The van der Waals surface area contributed by atoms with E-state index in [1.54, 1.807) is 4.90 Å². The van der Waals surface area contributed by atoms with Gasteiger partial charge in [0.1, 0.15) is 6.04 Å². The second-order valence-corrected chi connectivity index (χ2v) is 4.76. The first-order valence-electron chi connectivity index (χ1n) is 6.26. The number of allylic oxidation sites excluding steroid dienone is 3. The van der Waals surface area contributed by atoms with E-state index in [0.29, 0.717) is 0 Å². The Morgan fingerprint density at radius 3 is 2.65 bits per heavy atom. The summed E-state index contributed by atoms with van der Waals surface area (Å²) in [5.74, 6) is -0.153. The highest BCUT2D eigenvalue weighted by Crippen LogP contribution is 2.19. The second kappa shape index (κ2) is 5.47. The molecule has 0 aromatic heterocycles. The summed E-state index contributed by atoms with van der Waals surface area (Å²) in [5.41, 5.74) is 5.87. The van der Waals surface area contributed by atoms with Gasteiger partial charge in [-0.05, 0) is 19.3 Å². The maximum atomic E-state index is 12.0. The van der Waals surface area contributed by atoms with Gasteiger partial charge >= 0.3 is 0 Å². The standard InChI is InChI=1S/C13H20N2O2/c14-11(13(17)15-8-4-5-9-15)12(16)10-6-2-1-3-7-10/h1-3,6,10-12,16H,4-5,7-9,14H2/t10?,11-,12+/m1/s1. The summed E-state index contributed by atoms with van der Waals surface area (Å²) in [4.78, 5) is 13.8. The van der Waals surface area contributed by atoms with Crippen LogP contribution in [0.4, 0.5) is 0 Å². The zero-order valence-corrected chi connectivity index (χ0v) is 9.96. The molecule has 0 aromatic carbocycles. The Kier molecular flexibility index (Phi) is 3.97. The number of rotatable bonds is 3. The van der Waals surface area contributed by atoms with Crippen LogP contribution in [-0.2, 0) is 4.79 Å². The molecule has 1 aliphatic heterocycles. The van der Waals surface area contributed by atoms with Crippen molar-refractivity contribution in [2.45, 2.75) is 31.4 Å². The van der Waals surface area contributed by atoms with Crippen molar-refractivity contribution in [2.24, 2.45) is 11.7 Å². The van der Waals surface area contributed by atoms with E-state index in [1.807, 2.05) is 24.3 Å². The van der Waals surface area contributed by atoms with Gasteiger partial charge in [-0.1, -0.05) is 24.3 Å². The molecule has 0 saturated carbocycles. The van der Waals surface area contributed by atoms with E-state index in [0.717, 1.165) is 32.4 Å². The van der Waals surface area contributed by atoms with E-state index in [2.05, 4.69) is 0 Å². The molecule has 94 valence electrons. The lowest BCUT2D eigenvalue weighted by molar-refractivity contribution is -0.134. The van der Waals surface area contributed by atoms with Gasteiger partial charge in [0.25, 0.3) is 0 Å². The third-order valence-electron chi connectivity index (χ3n) is 3.52. The lowest BCUT2D eigenvalue weighted by Gasteiger charge is -2.28. The summed E-state index contributed by atoms with van der Waals surface area (Å²) in [6.45, 7) is 1.55. The number of aliphatic hydroxyl groups excluding tert-OH is 1. The first-order chi connectivity index (χ1) is 8.20. The monoisotopic (exact) mass is 236 g/mol. The molecule has 2 rings (SSSR count). The average Bonchev–Trinajstić information content (AvgIpc) is 2.91. The number of nitrogens with zero attached hydrogens (tertiary/aromatic N) is 1. The fourth-order valence-electron chi connectivity index (χ4n) is 2.41. The van der Waals surface area contributed by atoms with Crippen molar-refractivity contribution in [2.75, 3.05) is 13.1 Å². The van der Waals surface area contributed by atoms with Gasteiger partial charge < -0.3 is 15.7 Å². The third kappa shape index (κ3) is 2.76. The third-order valence-corrected chi connectivity index (χ3v) is 3.52. The maximum absolute atomic E-state index is 12.0. The second-order valence-electron chi connectivity index (χ2n) is 4.76. The normalized spacial score (nSPS) is 27.2. The highest BCUT2D eigenvalue weighted by Gasteiger charge is 2.32. The van der Waals surface area contributed by atoms with E-state index in [9.17, 15) is 9.90 Å². The van der Waals surface area contributed by atoms with Gasteiger partial charge in [-0.15, -0.1) is 0 Å². The van der Waals surface area contributed by atoms with Crippen LogP contribution in [0.3, 0.4) is 0 Å². The number of nitrogens with two attached hydrogens (primary N) is 1. The Hall–Kier alpha value is -1.13. The number of amides is 1. The Labute approximate surface area is 102 Å². The van der Waals surface area contributed by atoms with Crippen LogP contribution in [0.25, 0.3) is 0 Å². The average molecular weight is 236 g/mol. The molecule has 3 N–H and O–H groups in total. The number of likely N-dealkylation sites (tertiary alicyclic amines) is 1. The minimum absolute atomic E-state index is 0.0402. The van der Waals surface area contributed by atoms with Crippen molar-refractivity contribution in [1.29, 1.82) is 0 Å². The van der Waals surface area contributed by atoms with E-state index < -0.39 is 12.1 Å². The number of aliphatic hydroxyl groups is 1. The molecule has 0 spiro atoms. The topological polar surface area (TPSA) is 66.6 Å². The summed E-state index contributed by atoms with van der Waals surface area (Å²) in [6.07, 6.45) is 9.79. The molecule has 1 heterocycles. The number of carbonyl (C=O) groups excluding carboxylic acids is 1. The van der Waals surface area contributed by atoms with Crippen LogP contribution in [0, 0.1) is 5.92 Å². The maximum Gasteiger partial charge on any atom is 0.242 e. The predicted octanol–water partition coefficient (Wildman–Crippen LogP) is 0.429. The van der Waals surface area contributed by atoms with Crippen molar-refractivity contribution in [3.05, 3.63) is 24.3 Å². The molecule has 17 heavy (non-hydrogen) atoms. The highest BCUT2D eigenvalue weighted by atomic mass is 16.3. The molecule has 1 unspecified atom stereocenters. The Morgan fingerprint density at radius 2 is 2.06 bits per heavy atom. The van der Waals surface area contributed by atoms with E-state index >= 15 is 0 Å². The zero-order chi connectivity index (χ0) is 12.3. The molecule has 1 aliphatic carbocycles. The molecule has 1 amide bonds. The van der Waals surface area contributed by atoms with Crippen LogP contribution in [0.1, 0.15) is 19.3 Å². The molecule has 0 aromatic rings. The predicted molar refractivity (Wildman–Crippen MR) is 66.2 cm³/mol. The van der Waals surface area contributed by atoms with Crippen LogP contribution in [0.15, 0.2) is 24.3 Å². The minimum Gasteiger partial charge on any atom is -0.390 e. The Bertz CT molecular complexity index is 332. The van der Waals surface area contributed by atoms with Crippen LogP contribution in [0.2, 0.25) is 0 Å². The summed E-state index contributed by atoms with van der Waals surface area (Å²) >= 11 is 0. The Balaban J connectivity index is 1.93. The van der Waals surface area contributed by atoms with Gasteiger partial charge in [0, 0.05) is 19.0 Å². The number of carbonyl (C=O) groups is 1. The molecule has 1 saturated heterocycles. The van der Waals surface area contributed by atoms with Crippen LogP contribution < -0.4 is 5.73 Å². The van der Waals surface area contributed by atoms with Gasteiger partial charge in [0.05, 0.1) is 6.10 Å². The molecule has 4 nitrogen and oxygen atoms in total. The minimum atomic E-state index is -0.797.